The molecule has 0 spiro atoms. The third-order valence-corrected chi connectivity index (χ3v) is 5.36. The zero-order chi connectivity index (χ0) is 19.4. The molecule has 0 bridgehead atoms. The highest BCUT2D eigenvalue weighted by Crippen LogP contribution is 2.23. The fourth-order valence-electron chi connectivity index (χ4n) is 3.67. The van der Waals surface area contributed by atoms with Crippen LogP contribution in [0.25, 0.3) is 5.52 Å². The van der Waals surface area contributed by atoms with E-state index in [-0.39, 0.29) is 0 Å². The van der Waals surface area contributed by atoms with Gasteiger partial charge in [-0.2, -0.15) is 5.26 Å². The Kier molecular flexibility index (Phi) is 5.95. The maximum atomic E-state index is 9.51. The largest absolute Gasteiger partial charge is 0.311 e. The molecule has 0 aliphatic heterocycles. The number of rotatable bonds is 7. The molecule has 0 saturated carbocycles. The highest BCUT2D eigenvalue weighted by molar-refractivity contribution is 5.63. The number of likely N-dealkylation sites (N-methyl/N-ethyl adjacent to an activating group) is 1. The lowest BCUT2D eigenvalue weighted by molar-refractivity contribution is 0.288. The maximum absolute atomic E-state index is 9.51. The van der Waals surface area contributed by atoms with Crippen molar-refractivity contribution in [2.75, 3.05) is 20.6 Å². The van der Waals surface area contributed by atoms with E-state index >= 15 is 0 Å². The summed E-state index contributed by atoms with van der Waals surface area (Å²) in [5, 5.41) is 13.1. The van der Waals surface area contributed by atoms with E-state index in [2.05, 4.69) is 67.6 Å². The molecule has 2 aromatic heterocycles. The van der Waals surface area contributed by atoms with Crippen LogP contribution in [0.4, 0.5) is 0 Å². The van der Waals surface area contributed by atoms with Crippen molar-refractivity contribution in [1.82, 2.24) is 14.6 Å². The van der Waals surface area contributed by atoms with Crippen molar-refractivity contribution < 1.29 is 0 Å². The molecular weight excluding hydrogens is 332 g/mol. The van der Waals surface area contributed by atoms with Crippen molar-refractivity contribution in [3.05, 3.63) is 76.6 Å². The lowest BCUT2D eigenvalue weighted by Gasteiger charge is -2.25. The number of aryl methyl sites for hydroxylation is 1. The quantitative estimate of drug-likeness (QED) is 0.690. The molecule has 1 aromatic carbocycles. The summed E-state index contributed by atoms with van der Waals surface area (Å²) in [6, 6.07) is 17.6. The Morgan fingerprint density at radius 1 is 1.15 bits per heavy atom. The van der Waals surface area contributed by atoms with Crippen molar-refractivity contribution in [2.45, 2.75) is 32.9 Å². The number of aromatic nitrogens is 1. The van der Waals surface area contributed by atoms with Crippen LogP contribution in [-0.2, 0) is 13.0 Å². The summed E-state index contributed by atoms with van der Waals surface area (Å²) in [6.07, 6.45) is 3.02. The number of hydrogen-bond donors (Lipinski definition) is 1. The monoisotopic (exact) mass is 360 g/mol. The molecule has 4 nitrogen and oxygen atoms in total. The van der Waals surface area contributed by atoms with Gasteiger partial charge in [0.15, 0.2) is 0 Å². The predicted octanol–water partition coefficient (Wildman–Crippen LogP) is 4.07. The van der Waals surface area contributed by atoms with Gasteiger partial charge in [-0.25, -0.2) is 0 Å². The van der Waals surface area contributed by atoms with E-state index in [1.54, 1.807) is 0 Å². The SMILES string of the molecule is CCc1ccc(C(CNCc2c(C)c(C#N)n3ccccc23)N(C)C)cc1. The van der Waals surface area contributed by atoms with Gasteiger partial charge < -0.3 is 14.6 Å². The summed E-state index contributed by atoms with van der Waals surface area (Å²) in [5.41, 5.74) is 6.77. The Labute approximate surface area is 162 Å². The third-order valence-electron chi connectivity index (χ3n) is 5.36. The Morgan fingerprint density at radius 3 is 2.52 bits per heavy atom. The highest BCUT2D eigenvalue weighted by Gasteiger charge is 2.17. The number of hydrogen-bond acceptors (Lipinski definition) is 3. The molecule has 3 rings (SSSR count). The van der Waals surface area contributed by atoms with Crippen LogP contribution in [0.2, 0.25) is 0 Å². The van der Waals surface area contributed by atoms with Crippen molar-refractivity contribution in [3.8, 4) is 6.07 Å². The van der Waals surface area contributed by atoms with E-state index in [1.807, 2.05) is 29.7 Å². The first-order valence-electron chi connectivity index (χ1n) is 9.51. The van der Waals surface area contributed by atoms with E-state index in [9.17, 15) is 5.26 Å². The normalized spacial score (nSPS) is 12.4. The number of nitriles is 1. The highest BCUT2D eigenvalue weighted by atomic mass is 15.1. The third kappa shape index (κ3) is 3.90. The van der Waals surface area contributed by atoms with Crippen LogP contribution >= 0.6 is 0 Å². The van der Waals surface area contributed by atoms with Crippen LogP contribution in [0.5, 0.6) is 0 Å². The van der Waals surface area contributed by atoms with Gasteiger partial charge in [-0.1, -0.05) is 37.3 Å². The van der Waals surface area contributed by atoms with Gasteiger partial charge in [0.2, 0.25) is 0 Å². The summed E-state index contributed by atoms with van der Waals surface area (Å²) in [4.78, 5) is 2.25. The van der Waals surface area contributed by atoms with E-state index in [4.69, 9.17) is 0 Å². The van der Waals surface area contributed by atoms with Crippen molar-refractivity contribution in [1.29, 1.82) is 5.26 Å². The second-order valence-electron chi connectivity index (χ2n) is 7.23. The van der Waals surface area contributed by atoms with E-state index in [0.717, 1.165) is 36.3 Å². The molecule has 0 radical (unpaired) electrons. The van der Waals surface area contributed by atoms with Crippen LogP contribution < -0.4 is 5.32 Å². The van der Waals surface area contributed by atoms with Crippen molar-refractivity contribution >= 4 is 5.52 Å². The molecule has 0 fully saturated rings. The number of fused-ring (bicyclic) bond motifs is 1. The molecule has 0 saturated heterocycles. The van der Waals surface area contributed by atoms with Gasteiger partial charge in [-0.05, 0) is 61.8 Å². The molecule has 4 heteroatoms. The smallest absolute Gasteiger partial charge is 0.128 e. The Morgan fingerprint density at radius 2 is 1.89 bits per heavy atom. The Bertz CT molecular complexity index is 945. The molecule has 140 valence electrons. The maximum Gasteiger partial charge on any atom is 0.128 e. The minimum Gasteiger partial charge on any atom is -0.311 e. The van der Waals surface area contributed by atoms with Crippen LogP contribution in [0, 0.1) is 18.3 Å². The van der Waals surface area contributed by atoms with E-state index in [1.165, 1.54) is 16.7 Å². The number of benzene rings is 1. The molecule has 1 unspecified atom stereocenters. The fraction of sp³-hybridized carbons (Fsp3) is 0.348. The zero-order valence-electron chi connectivity index (χ0n) is 16.7. The number of nitrogens with one attached hydrogen (secondary N) is 1. The second kappa shape index (κ2) is 8.39. The standard InChI is InChI=1S/C23H28N4/c1-5-18-9-11-19(12-10-18)23(26(3)4)16-25-15-20-17(2)22(14-24)27-13-7-6-8-21(20)27/h6-13,23,25H,5,15-16H2,1-4H3. The first kappa shape index (κ1) is 19.2. The first-order valence-corrected chi connectivity index (χ1v) is 9.51. The molecule has 1 N–H and O–H groups in total. The average Bonchev–Trinajstić information content (AvgIpc) is 2.96. The van der Waals surface area contributed by atoms with Gasteiger partial charge in [0, 0.05) is 25.3 Å². The number of nitrogens with zero attached hydrogens (tertiary/aromatic N) is 3. The minimum atomic E-state index is 0.306. The van der Waals surface area contributed by atoms with Crippen molar-refractivity contribution in [2.24, 2.45) is 0 Å². The summed E-state index contributed by atoms with van der Waals surface area (Å²) >= 11 is 0. The molecule has 0 amide bonds. The van der Waals surface area contributed by atoms with Gasteiger partial charge >= 0.3 is 0 Å². The van der Waals surface area contributed by atoms with Crippen LogP contribution in [0.3, 0.4) is 0 Å². The minimum absolute atomic E-state index is 0.306. The fourth-order valence-corrected chi connectivity index (χ4v) is 3.67. The van der Waals surface area contributed by atoms with E-state index in [0.29, 0.717) is 6.04 Å². The molecule has 1 atom stereocenters. The van der Waals surface area contributed by atoms with Gasteiger partial charge in [0.25, 0.3) is 0 Å². The summed E-state index contributed by atoms with van der Waals surface area (Å²) < 4.78 is 1.99. The Hall–Kier alpha value is -2.61. The second-order valence-corrected chi connectivity index (χ2v) is 7.23. The lowest BCUT2D eigenvalue weighted by atomic mass is 10.0. The zero-order valence-corrected chi connectivity index (χ0v) is 16.7. The van der Waals surface area contributed by atoms with E-state index < -0.39 is 0 Å². The van der Waals surface area contributed by atoms with Crippen molar-refractivity contribution in [3.63, 3.8) is 0 Å². The first-order chi connectivity index (χ1) is 13.1. The lowest BCUT2D eigenvalue weighted by Crippen LogP contribution is -2.31. The molecule has 2 heterocycles. The molecule has 0 aliphatic carbocycles. The summed E-state index contributed by atoms with van der Waals surface area (Å²) in [5.74, 6) is 0. The molecule has 3 aromatic rings. The van der Waals surface area contributed by atoms with Gasteiger partial charge in [-0.15, -0.1) is 0 Å². The topological polar surface area (TPSA) is 43.5 Å². The van der Waals surface area contributed by atoms with Gasteiger partial charge in [0.1, 0.15) is 11.8 Å². The predicted molar refractivity (Wildman–Crippen MR) is 111 cm³/mol. The summed E-state index contributed by atoms with van der Waals surface area (Å²) in [6.45, 7) is 5.82. The van der Waals surface area contributed by atoms with Gasteiger partial charge in [0.05, 0.1) is 5.52 Å². The molecule has 0 aliphatic rings. The van der Waals surface area contributed by atoms with Crippen LogP contribution in [-0.4, -0.2) is 29.9 Å². The molecular formula is C23H28N4. The number of pyridine rings is 1. The summed E-state index contributed by atoms with van der Waals surface area (Å²) in [7, 11) is 4.24. The Balaban J connectivity index is 1.77. The molecule has 27 heavy (non-hydrogen) atoms. The van der Waals surface area contributed by atoms with Crippen LogP contribution in [0.1, 0.15) is 40.9 Å². The average molecular weight is 361 g/mol. The van der Waals surface area contributed by atoms with Crippen LogP contribution in [0.15, 0.2) is 48.7 Å². The van der Waals surface area contributed by atoms with Gasteiger partial charge in [-0.3, -0.25) is 0 Å².